The lowest BCUT2D eigenvalue weighted by Gasteiger charge is -2.36. The Morgan fingerprint density at radius 1 is 1.37 bits per heavy atom. The number of piperidine rings is 1. The maximum absolute atomic E-state index is 13.3. The van der Waals surface area contributed by atoms with E-state index in [1.807, 2.05) is 17.9 Å². The molecular formula is C24H34N2O4. The van der Waals surface area contributed by atoms with E-state index in [2.05, 4.69) is 24.8 Å². The van der Waals surface area contributed by atoms with E-state index in [0.717, 1.165) is 43.2 Å². The zero-order chi connectivity index (χ0) is 21.9. The standard InChI is InChI=1S/C24H34N2O4/c1-5-6-10-20(14-16-29-4)18(2)24(27)26-15-8-7-11-21(26)17-30-23-13-9-12-22(25-28)19(23)3/h9-10,12-13,21H,2,5-8,11,14-17H2,1,3-4H3/b20-10-/t21-/m0/s1. The number of benzene rings is 1. The van der Waals surface area contributed by atoms with Gasteiger partial charge in [-0.3, -0.25) is 4.79 Å². The first-order chi connectivity index (χ1) is 14.5. The third-order valence-corrected chi connectivity index (χ3v) is 5.57. The smallest absolute Gasteiger partial charge is 0.253 e. The van der Waals surface area contributed by atoms with E-state index in [1.54, 1.807) is 19.2 Å². The van der Waals surface area contributed by atoms with Crippen molar-refractivity contribution in [2.75, 3.05) is 26.9 Å². The molecule has 1 saturated heterocycles. The van der Waals surface area contributed by atoms with Gasteiger partial charge in [0.2, 0.25) is 0 Å². The van der Waals surface area contributed by atoms with Gasteiger partial charge in [0, 0.05) is 24.8 Å². The quantitative estimate of drug-likeness (QED) is 0.273. The highest BCUT2D eigenvalue weighted by Gasteiger charge is 2.29. The molecule has 1 aliphatic heterocycles. The Labute approximate surface area is 179 Å². The van der Waals surface area contributed by atoms with Crippen molar-refractivity contribution in [2.45, 2.75) is 58.4 Å². The van der Waals surface area contributed by atoms with Crippen molar-refractivity contribution in [3.05, 3.63) is 52.5 Å². The molecule has 1 atom stereocenters. The summed E-state index contributed by atoms with van der Waals surface area (Å²) in [4.78, 5) is 26.1. The normalized spacial score (nSPS) is 17.0. The third kappa shape index (κ3) is 6.26. The number of methoxy groups -OCH3 is 1. The van der Waals surface area contributed by atoms with Gasteiger partial charge in [-0.2, -0.15) is 0 Å². The van der Waals surface area contributed by atoms with Crippen LogP contribution in [-0.2, 0) is 9.53 Å². The molecule has 2 rings (SSSR count). The average molecular weight is 415 g/mol. The minimum atomic E-state index is -0.0261. The number of allylic oxidation sites excluding steroid dienone is 1. The molecule has 0 unspecified atom stereocenters. The first-order valence-corrected chi connectivity index (χ1v) is 10.8. The molecule has 164 valence electrons. The van der Waals surface area contributed by atoms with E-state index in [9.17, 15) is 9.70 Å². The number of ether oxygens (including phenoxy) is 2. The lowest BCUT2D eigenvalue weighted by molar-refractivity contribution is -0.131. The van der Waals surface area contributed by atoms with E-state index in [-0.39, 0.29) is 11.9 Å². The molecule has 0 radical (unpaired) electrons. The topological polar surface area (TPSA) is 68.2 Å². The molecule has 0 aliphatic carbocycles. The third-order valence-electron chi connectivity index (χ3n) is 5.57. The highest BCUT2D eigenvalue weighted by Crippen LogP contribution is 2.29. The van der Waals surface area contributed by atoms with E-state index < -0.39 is 0 Å². The first-order valence-electron chi connectivity index (χ1n) is 10.8. The lowest BCUT2D eigenvalue weighted by Crippen LogP contribution is -2.47. The van der Waals surface area contributed by atoms with E-state index in [0.29, 0.717) is 43.2 Å². The van der Waals surface area contributed by atoms with Gasteiger partial charge < -0.3 is 14.4 Å². The lowest BCUT2D eigenvalue weighted by atomic mass is 9.97. The number of amides is 1. The Hall–Kier alpha value is -2.47. The van der Waals surface area contributed by atoms with Crippen molar-refractivity contribution in [3.8, 4) is 5.75 Å². The fourth-order valence-electron chi connectivity index (χ4n) is 3.70. The zero-order valence-corrected chi connectivity index (χ0v) is 18.5. The van der Waals surface area contributed by atoms with Gasteiger partial charge in [0.25, 0.3) is 5.91 Å². The molecule has 0 aromatic heterocycles. The molecular weight excluding hydrogens is 380 g/mol. The molecule has 0 saturated carbocycles. The summed E-state index contributed by atoms with van der Waals surface area (Å²) in [6, 6.07) is 5.23. The predicted molar refractivity (Wildman–Crippen MR) is 120 cm³/mol. The van der Waals surface area contributed by atoms with Crippen molar-refractivity contribution < 1.29 is 14.3 Å². The number of hydrogen-bond acceptors (Lipinski definition) is 5. The fraction of sp³-hybridized carbons (Fsp3) is 0.542. The number of rotatable bonds is 11. The maximum atomic E-state index is 13.3. The van der Waals surface area contributed by atoms with Crippen molar-refractivity contribution in [1.29, 1.82) is 0 Å². The summed E-state index contributed by atoms with van der Waals surface area (Å²) < 4.78 is 11.2. The number of nitroso groups, excluding NO2 is 1. The summed E-state index contributed by atoms with van der Waals surface area (Å²) in [5, 5.41) is 3.04. The summed E-state index contributed by atoms with van der Waals surface area (Å²) >= 11 is 0. The molecule has 0 bridgehead atoms. The van der Waals surface area contributed by atoms with Crippen LogP contribution in [0.3, 0.4) is 0 Å². The van der Waals surface area contributed by atoms with Crippen molar-refractivity contribution >= 4 is 11.6 Å². The molecule has 1 aromatic carbocycles. The molecule has 1 amide bonds. The number of carbonyl (C=O) groups excluding carboxylic acids is 1. The molecule has 1 fully saturated rings. The van der Waals surface area contributed by atoms with Crippen LogP contribution in [0.2, 0.25) is 0 Å². The van der Waals surface area contributed by atoms with Crippen LogP contribution in [0.4, 0.5) is 5.69 Å². The SMILES string of the molecule is C=C(C(=O)N1CCCC[C@H]1COc1cccc(N=O)c1C)/C(=C\CCC)CCOC. The Kier molecular flexibility index (Phi) is 9.74. The number of unbranched alkanes of at least 4 members (excludes halogenated alkanes) is 1. The van der Waals surface area contributed by atoms with Crippen molar-refractivity contribution in [2.24, 2.45) is 5.18 Å². The van der Waals surface area contributed by atoms with Crippen molar-refractivity contribution in [3.63, 3.8) is 0 Å². The van der Waals surface area contributed by atoms with Crippen LogP contribution < -0.4 is 4.74 Å². The van der Waals surface area contributed by atoms with E-state index >= 15 is 0 Å². The van der Waals surface area contributed by atoms with Gasteiger partial charge in [-0.1, -0.05) is 32.1 Å². The van der Waals surface area contributed by atoms with Crippen LogP contribution in [0, 0.1) is 11.8 Å². The molecule has 1 aliphatic rings. The van der Waals surface area contributed by atoms with Gasteiger partial charge in [-0.05, 0) is 61.9 Å². The number of likely N-dealkylation sites (tertiary alicyclic amines) is 1. The molecule has 6 heteroatoms. The summed E-state index contributed by atoms with van der Waals surface area (Å²) in [6.07, 6.45) is 7.64. The summed E-state index contributed by atoms with van der Waals surface area (Å²) in [5.41, 5.74) is 2.61. The molecule has 0 N–H and O–H groups in total. The average Bonchev–Trinajstić information content (AvgIpc) is 2.78. The zero-order valence-electron chi connectivity index (χ0n) is 18.5. The second-order valence-corrected chi connectivity index (χ2v) is 7.69. The number of hydrogen-bond donors (Lipinski definition) is 0. The molecule has 30 heavy (non-hydrogen) atoms. The second kappa shape index (κ2) is 12.3. The molecule has 6 nitrogen and oxygen atoms in total. The largest absolute Gasteiger partial charge is 0.491 e. The van der Waals surface area contributed by atoms with E-state index in [4.69, 9.17) is 9.47 Å². The molecule has 1 heterocycles. The summed E-state index contributed by atoms with van der Waals surface area (Å²) in [6.45, 7) is 9.70. The monoisotopic (exact) mass is 414 g/mol. The van der Waals surface area contributed by atoms with Gasteiger partial charge in [0.15, 0.2) is 0 Å². The van der Waals surface area contributed by atoms with Crippen LogP contribution in [0.25, 0.3) is 0 Å². The Bertz CT molecular complexity index is 772. The van der Waals surface area contributed by atoms with Crippen LogP contribution >= 0.6 is 0 Å². The van der Waals surface area contributed by atoms with Crippen LogP contribution in [0.5, 0.6) is 5.75 Å². The minimum Gasteiger partial charge on any atom is -0.491 e. The van der Waals surface area contributed by atoms with Crippen molar-refractivity contribution in [1.82, 2.24) is 4.90 Å². The highest BCUT2D eigenvalue weighted by atomic mass is 16.5. The van der Waals surface area contributed by atoms with Crippen LogP contribution in [0.1, 0.15) is 51.0 Å². The van der Waals surface area contributed by atoms with Crippen LogP contribution in [-0.4, -0.2) is 43.7 Å². The number of nitrogens with zero attached hydrogens (tertiary/aromatic N) is 2. The highest BCUT2D eigenvalue weighted by molar-refractivity contribution is 5.97. The summed E-state index contributed by atoms with van der Waals surface area (Å²) in [7, 11) is 1.66. The van der Waals surface area contributed by atoms with E-state index in [1.165, 1.54) is 0 Å². The Morgan fingerprint density at radius 2 is 2.17 bits per heavy atom. The van der Waals surface area contributed by atoms with Gasteiger partial charge in [-0.15, -0.1) is 4.91 Å². The minimum absolute atomic E-state index is 0.0231. The second-order valence-electron chi connectivity index (χ2n) is 7.69. The fourth-order valence-corrected chi connectivity index (χ4v) is 3.70. The van der Waals surface area contributed by atoms with Crippen LogP contribution in [0.15, 0.2) is 47.2 Å². The first kappa shape index (κ1) is 23.8. The Morgan fingerprint density at radius 3 is 2.87 bits per heavy atom. The Balaban J connectivity index is 2.11. The van der Waals surface area contributed by atoms with Gasteiger partial charge in [-0.25, -0.2) is 0 Å². The predicted octanol–water partition coefficient (Wildman–Crippen LogP) is 5.47. The number of carbonyl (C=O) groups is 1. The maximum Gasteiger partial charge on any atom is 0.253 e. The molecule has 1 aromatic rings. The van der Waals surface area contributed by atoms with Gasteiger partial charge in [0.1, 0.15) is 18.0 Å². The van der Waals surface area contributed by atoms with Gasteiger partial charge in [0.05, 0.1) is 12.6 Å². The molecule has 0 spiro atoms. The van der Waals surface area contributed by atoms with Gasteiger partial charge >= 0.3 is 0 Å². The summed E-state index contributed by atoms with van der Waals surface area (Å²) in [5.74, 6) is 0.606.